The molecular formula is C21H35Cl2NO2Si. The lowest BCUT2D eigenvalue weighted by atomic mass is 9.88. The second kappa shape index (κ2) is 10.1. The Balaban J connectivity index is 2.17. The Bertz CT molecular complexity index is 569. The van der Waals surface area contributed by atoms with Crippen LogP contribution in [0.2, 0.25) is 28.2 Å². The predicted octanol–water partition coefficient (Wildman–Crippen LogP) is 7.44. The summed E-state index contributed by atoms with van der Waals surface area (Å²) in [5.41, 5.74) is 0.927. The molecule has 27 heavy (non-hydrogen) atoms. The fourth-order valence-electron chi connectivity index (χ4n) is 3.96. The van der Waals surface area contributed by atoms with E-state index in [0.717, 1.165) is 49.6 Å². The van der Waals surface area contributed by atoms with Crippen molar-refractivity contribution in [1.29, 1.82) is 0 Å². The number of hydrogen-bond donors (Lipinski definition) is 0. The van der Waals surface area contributed by atoms with Gasteiger partial charge < -0.3 is 9.16 Å². The Morgan fingerprint density at radius 1 is 1.19 bits per heavy atom. The average Bonchev–Trinajstić information content (AvgIpc) is 2.64. The van der Waals surface area contributed by atoms with Gasteiger partial charge in [0, 0.05) is 18.0 Å². The highest BCUT2D eigenvalue weighted by Gasteiger charge is 2.35. The lowest BCUT2D eigenvalue weighted by Gasteiger charge is -2.37. The van der Waals surface area contributed by atoms with Crippen molar-refractivity contribution in [2.45, 2.75) is 90.1 Å². The van der Waals surface area contributed by atoms with E-state index >= 15 is 0 Å². The molecule has 1 saturated heterocycles. The minimum atomic E-state index is -1.79. The summed E-state index contributed by atoms with van der Waals surface area (Å²) in [7, 11) is -1.79. The zero-order valence-corrected chi connectivity index (χ0v) is 20.0. The average molecular weight is 433 g/mol. The van der Waals surface area contributed by atoms with Gasteiger partial charge in [-0.25, -0.2) is 0 Å². The lowest BCUT2D eigenvalue weighted by Crippen LogP contribution is -2.38. The molecule has 2 heterocycles. The monoisotopic (exact) mass is 431 g/mol. The third kappa shape index (κ3) is 6.17. The molecule has 0 aromatic carbocycles. The van der Waals surface area contributed by atoms with Gasteiger partial charge in [0.05, 0.1) is 28.4 Å². The van der Waals surface area contributed by atoms with E-state index in [4.69, 9.17) is 32.4 Å². The third-order valence-electron chi connectivity index (χ3n) is 6.24. The smallest absolute Gasteiger partial charge is 0.192 e. The quantitative estimate of drug-likeness (QED) is 0.380. The summed E-state index contributed by atoms with van der Waals surface area (Å²) < 4.78 is 12.9. The second-order valence-corrected chi connectivity index (χ2v) is 14.0. The first-order valence-electron chi connectivity index (χ1n) is 10.4. The van der Waals surface area contributed by atoms with Crippen LogP contribution in [0.25, 0.3) is 0 Å². The van der Waals surface area contributed by atoms with E-state index in [9.17, 15) is 0 Å². The first kappa shape index (κ1) is 23.1. The summed E-state index contributed by atoms with van der Waals surface area (Å²) in [5, 5.41) is 1.22. The maximum absolute atomic E-state index is 6.87. The van der Waals surface area contributed by atoms with Crippen LogP contribution in [0.3, 0.4) is 0 Å². The highest BCUT2D eigenvalue weighted by molar-refractivity contribution is 6.73. The van der Waals surface area contributed by atoms with Crippen LogP contribution in [0.4, 0.5) is 0 Å². The topological polar surface area (TPSA) is 31.4 Å². The van der Waals surface area contributed by atoms with Crippen molar-refractivity contribution in [1.82, 2.24) is 4.98 Å². The largest absolute Gasteiger partial charge is 0.410 e. The van der Waals surface area contributed by atoms with Crippen LogP contribution in [-0.2, 0) is 9.16 Å². The number of nitrogens with zero attached hydrogens (tertiary/aromatic N) is 1. The fraction of sp³-hybridized carbons (Fsp3) is 0.762. The van der Waals surface area contributed by atoms with Gasteiger partial charge in [0.25, 0.3) is 0 Å². The predicted molar refractivity (Wildman–Crippen MR) is 117 cm³/mol. The lowest BCUT2D eigenvalue weighted by molar-refractivity contribution is -0.0793. The Morgan fingerprint density at radius 3 is 2.26 bits per heavy atom. The highest BCUT2D eigenvalue weighted by atomic mass is 35.5. The van der Waals surface area contributed by atoms with Gasteiger partial charge in [0.2, 0.25) is 0 Å². The van der Waals surface area contributed by atoms with E-state index in [1.807, 2.05) is 0 Å². The fourth-order valence-corrected chi connectivity index (χ4v) is 7.41. The van der Waals surface area contributed by atoms with Crippen LogP contribution >= 0.6 is 23.2 Å². The van der Waals surface area contributed by atoms with Crippen LogP contribution in [0, 0.1) is 5.92 Å². The molecule has 1 aliphatic heterocycles. The number of hydrogen-bond acceptors (Lipinski definition) is 3. The molecular weight excluding hydrogens is 397 g/mol. The summed E-state index contributed by atoms with van der Waals surface area (Å²) in [4.78, 5) is 4.12. The molecule has 0 radical (unpaired) electrons. The molecule has 6 heteroatoms. The number of pyridine rings is 1. The zero-order valence-electron chi connectivity index (χ0n) is 17.5. The van der Waals surface area contributed by atoms with Crippen molar-refractivity contribution >= 4 is 31.5 Å². The van der Waals surface area contributed by atoms with Crippen molar-refractivity contribution < 1.29 is 9.16 Å². The van der Waals surface area contributed by atoms with Gasteiger partial charge in [-0.05, 0) is 63.6 Å². The molecule has 1 aliphatic rings. The maximum atomic E-state index is 6.87. The third-order valence-corrected chi connectivity index (χ3v) is 11.5. The maximum Gasteiger partial charge on any atom is 0.192 e. The molecule has 1 aromatic rings. The Kier molecular flexibility index (Phi) is 8.63. The number of aromatic nitrogens is 1. The molecule has 2 atom stereocenters. The van der Waals surface area contributed by atoms with E-state index in [1.165, 1.54) is 6.42 Å². The first-order chi connectivity index (χ1) is 12.8. The summed E-state index contributed by atoms with van der Waals surface area (Å²) in [6.45, 7) is 11.9. The Hall–Kier alpha value is -0.133. The number of rotatable bonds is 9. The first-order valence-corrected chi connectivity index (χ1v) is 13.6. The minimum absolute atomic E-state index is 0.0127. The molecule has 0 amide bonds. The summed E-state index contributed by atoms with van der Waals surface area (Å²) in [6.07, 6.45) is 7.60. The van der Waals surface area contributed by atoms with E-state index in [0.29, 0.717) is 16.0 Å². The van der Waals surface area contributed by atoms with Crippen molar-refractivity contribution in [3.05, 3.63) is 28.0 Å². The molecule has 0 aliphatic carbocycles. The standard InChI is InChI=1S/C21H35Cl2NO2Si/c1-6-27(7-2,8-3)26-19(20-17(22)13-24-14-18(20)23)10-9-16-11-12-21(4,5)25-15-16/h13-14,16,19H,6-12,15H2,1-5H3. The molecule has 2 unspecified atom stereocenters. The van der Waals surface area contributed by atoms with Gasteiger partial charge in [0.1, 0.15) is 0 Å². The van der Waals surface area contributed by atoms with Crippen LogP contribution in [0.1, 0.15) is 72.0 Å². The number of ether oxygens (including phenoxy) is 1. The van der Waals surface area contributed by atoms with Crippen LogP contribution in [0.5, 0.6) is 0 Å². The molecule has 3 nitrogen and oxygen atoms in total. The summed E-state index contributed by atoms with van der Waals surface area (Å²) in [5.74, 6) is 0.574. The second-order valence-electron chi connectivity index (χ2n) is 8.42. The molecule has 0 N–H and O–H groups in total. The van der Waals surface area contributed by atoms with E-state index < -0.39 is 8.32 Å². The van der Waals surface area contributed by atoms with Crippen molar-refractivity contribution in [2.24, 2.45) is 5.92 Å². The summed E-state index contributed by atoms with van der Waals surface area (Å²) in [6, 6.07) is 3.33. The van der Waals surface area contributed by atoms with Gasteiger partial charge in [-0.1, -0.05) is 44.0 Å². The van der Waals surface area contributed by atoms with Gasteiger partial charge in [0.15, 0.2) is 8.32 Å². The molecule has 1 aromatic heterocycles. The van der Waals surface area contributed by atoms with E-state index in [1.54, 1.807) is 12.4 Å². The minimum Gasteiger partial charge on any atom is -0.410 e. The Labute approximate surface area is 176 Å². The number of halogens is 2. The highest BCUT2D eigenvalue weighted by Crippen LogP contribution is 2.40. The van der Waals surface area contributed by atoms with Gasteiger partial charge in [-0.3, -0.25) is 4.98 Å². The molecule has 0 spiro atoms. The SMILES string of the molecule is CC[Si](CC)(CC)OC(CCC1CCC(C)(C)OC1)c1c(Cl)cncc1Cl. The van der Waals surface area contributed by atoms with Crippen molar-refractivity contribution in [2.75, 3.05) is 6.61 Å². The molecule has 2 rings (SSSR count). The molecule has 154 valence electrons. The van der Waals surface area contributed by atoms with Crippen LogP contribution in [0.15, 0.2) is 12.4 Å². The van der Waals surface area contributed by atoms with Crippen molar-refractivity contribution in [3.63, 3.8) is 0 Å². The van der Waals surface area contributed by atoms with Gasteiger partial charge >= 0.3 is 0 Å². The molecule has 0 saturated carbocycles. The zero-order chi connectivity index (χ0) is 20.1. The van der Waals surface area contributed by atoms with Crippen LogP contribution < -0.4 is 0 Å². The Morgan fingerprint density at radius 2 is 1.78 bits per heavy atom. The molecule has 1 fully saturated rings. The molecule has 0 bridgehead atoms. The van der Waals surface area contributed by atoms with Crippen molar-refractivity contribution in [3.8, 4) is 0 Å². The van der Waals surface area contributed by atoms with Crippen LogP contribution in [-0.4, -0.2) is 25.5 Å². The van der Waals surface area contributed by atoms with E-state index in [2.05, 4.69) is 39.6 Å². The van der Waals surface area contributed by atoms with Gasteiger partial charge in [-0.2, -0.15) is 0 Å². The van der Waals surface area contributed by atoms with Gasteiger partial charge in [-0.15, -0.1) is 0 Å². The van der Waals surface area contributed by atoms with E-state index in [-0.39, 0.29) is 11.7 Å². The normalized spacial score (nSPS) is 21.2. The summed E-state index contributed by atoms with van der Waals surface area (Å²) >= 11 is 13.0.